The van der Waals surface area contributed by atoms with Crippen molar-refractivity contribution in [2.75, 3.05) is 17.1 Å². The van der Waals surface area contributed by atoms with Gasteiger partial charge in [-0.15, -0.1) is 0 Å². The van der Waals surface area contributed by atoms with Crippen molar-refractivity contribution in [2.45, 2.75) is 4.90 Å². The molecule has 1 amide bonds. The number of sulfonamides is 1. The number of hydrogen-bond donors (Lipinski definition) is 4. The van der Waals surface area contributed by atoms with Gasteiger partial charge in [-0.1, -0.05) is 12.1 Å². The van der Waals surface area contributed by atoms with Crippen LogP contribution in [0.4, 0.5) is 11.4 Å². The lowest BCUT2D eigenvalue weighted by atomic mass is 10.2. The van der Waals surface area contributed by atoms with E-state index in [0.717, 1.165) is 0 Å². The zero-order valence-corrected chi connectivity index (χ0v) is 17.1. The minimum absolute atomic E-state index is 0.00118. The van der Waals surface area contributed by atoms with Gasteiger partial charge in [-0.2, -0.15) is 0 Å². The summed E-state index contributed by atoms with van der Waals surface area (Å²) in [6.45, 7) is 0. The summed E-state index contributed by atoms with van der Waals surface area (Å²) in [5.74, 6) is -0.0262. The molecule has 158 valence electrons. The van der Waals surface area contributed by atoms with E-state index in [9.17, 15) is 18.0 Å². The largest absolute Gasteiger partial charge is 0.495 e. The average Bonchev–Trinajstić information content (AvgIpc) is 3.13. The molecular weight excluding hydrogens is 420 g/mol. The second kappa shape index (κ2) is 8.00. The number of hydrogen-bond acceptors (Lipinski definition) is 5. The summed E-state index contributed by atoms with van der Waals surface area (Å²) < 4.78 is 33.0. The summed E-state index contributed by atoms with van der Waals surface area (Å²) in [5.41, 5.74) is 1.93. The third kappa shape index (κ3) is 4.28. The number of carbonyl (C=O) groups excluding carboxylic acids is 1. The van der Waals surface area contributed by atoms with Crippen molar-refractivity contribution < 1.29 is 17.9 Å². The number of para-hydroxylation sites is 2. The number of amides is 1. The molecule has 9 nitrogen and oxygen atoms in total. The standard InChI is InChI=1S/C21H18N4O5S/c1-30-19-5-3-2-4-17(19)25-31(28,29)15-9-6-13(7-10-15)20(26)22-14-8-11-16-18(12-14)24-21(27)23-16/h2-12,25H,1H3,(H,22,26)(H2,23,24,27). The van der Waals surface area contributed by atoms with Gasteiger partial charge in [0.15, 0.2) is 0 Å². The third-order valence-corrected chi connectivity index (χ3v) is 5.93. The van der Waals surface area contributed by atoms with Crippen LogP contribution >= 0.6 is 0 Å². The van der Waals surface area contributed by atoms with E-state index >= 15 is 0 Å². The molecule has 31 heavy (non-hydrogen) atoms. The summed E-state index contributed by atoms with van der Waals surface area (Å²) >= 11 is 0. The van der Waals surface area contributed by atoms with Crippen LogP contribution in [0.25, 0.3) is 11.0 Å². The Morgan fingerprint density at radius 1 is 0.935 bits per heavy atom. The van der Waals surface area contributed by atoms with E-state index in [1.54, 1.807) is 42.5 Å². The van der Waals surface area contributed by atoms with Crippen LogP contribution in [0.3, 0.4) is 0 Å². The molecule has 0 unspecified atom stereocenters. The van der Waals surface area contributed by atoms with Gasteiger partial charge >= 0.3 is 5.69 Å². The maximum Gasteiger partial charge on any atom is 0.323 e. The number of aromatic amines is 2. The molecule has 0 saturated heterocycles. The lowest BCUT2D eigenvalue weighted by molar-refractivity contribution is 0.102. The highest BCUT2D eigenvalue weighted by molar-refractivity contribution is 7.92. The van der Waals surface area contributed by atoms with E-state index in [-0.39, 0.29) is 16.1 Å². The summed E-state index contributed by atoms with van der Waals surface area (Å²) in [6.07, 6.45) is 0. The minimum atomic E-state index is -3.87. The molecule has 4 aromatic rings. The van der Waals surface area contributed by atoms with Gasteiger partial charge in [-0.3, -0.25) is 9.52 Å². The molecule has 0 aliphatic carbocycles. The van der Waals surface area contributed by atoms with Crippen molar-refractivity contribution in [2.24, 2.45) is 0 Å². The normalized spacial score (nSPS) is 11.3. The van der Waals surface area contributed by atoms with Crippen LogP contribution in [0.2, 0.25) is 0 Å². The lowest BCUT2D eigenvalue weighted by Gasteiger charge is -2.12. The van der Waals surface area contributed by atoms with Gasteiger partial charge in [-0.25, -0.2) is 13.2 Å². The maximum absolute atomic E-state index is 12.7. The van der Waals surface area contributed by atoms with Crippen LogP contribution in [0.15, 0.2) is 76.4 Å². The van der Waals surface area contributed by atoms with E-state index in [0.29, 0.717) is 28.2 Å². The van der Waals surface area contributed by atoms with Crippen molar-refractivity contribution in [1.82, 2.24) is 9.97 Å². The average molecular weight is 438 g/mol. The minimum Gasteiger partial charge on any atom is -0.495 e. The van der Waals surface area contributed by atoms with Crippen molar-refractivity contribution >= 4 is 38.3 Å². The molecule has 1 aromatic heterocycles. The van der Waals surface area contributed by atoms with E-state index in [1.165, 1.54) is 31.4 Å². The zero-order valence-electron chi connectivity index (χ0n) is 16.3. The second-order valence-corrected chi connectivity index (χ2v) is 8.31. The van der Waals surface area contributed by atoms with Gasteiger partial charge in [0.25, 0.3) is 15.9 Å². The number of imidazole rings is 1. The van der Waals surface area contributed by atoms with Crippen molar-refractivity contribution in [1.29, 1.82) is 0 Å². The first-order valence-electron chi connectivity index (χ1n) is 9.15. The molecule has 0 bridgehead atoms. The molecule has 0 spiro atoms. The second-order valence-electron chi connectivity index (χ2n) is 6.62. The van der Waals surface area contributed by atoms with E-state index in [1.807, 2.05) is 0 Å². The molecule has 0 saturated carbocycles. The summed E-state index contributed by atoms with van der Waals surface area (Å²) in [6, 6.07) is 17.1. The van der Waals surface area contributed by atoms with Gasteiger partial charge < -0.3 is 20.0 Å². The predicted octanol–water partition coefficient (Wildman–Crippen LogP) is 2.92. The highest BCUT2D eigenvalue weighted by atomic mass is 32.2. The number of H-pyrrole nitrogens is 2. The molecular formula is C21H18N4O5S. The van der Waals surface area contributed by atoms with Gasteiger partial charge in [0.05, 0.1) is 28.7 Å². The quantitative estimate of drug-likeness (QED) is 0.367. The van der Waals surface area contributed by atoms with Crippen LogP contribution in [0.1, 0.15) is 10.4 Å². The Bertz CT molecular complexity index is 1420. The molecule has 0 atom stereocenters. The van der Waals surface area contributed by atoms with Gasteiger partial charge in [0.1, 0.15) is 5.75 Å². The number of benzene rings is 3. The molecule has 0 radical (unpaired) electrons. The van der Waals surface area contributed by atoms with Crippen molar-refractivity contribution in [3.63, 3.8) is 0 Å². The molecule has 0 aliphatic rings. The first kappa shape index (κ1) is 20.2. The van der Waals surface area contributed by atoms with Gasteiger partial charge in [-0.05, 0) is 54.6 Å². The molecule has 3 aromatic carbocycles. The Balaban J connectivity index is 1.51. The molecule has 4 N–H and O–H groups in total. The Morgan fingerprint density at radius 2 is 1.65 bits per heavy atom. The van der Waals surface area contributed by atoms with Gasteiger partial charge in [0.2, 0.25) is 0 Å². The van der Waals surface area contributed by atoms with Crippen LogP contribution in [0.5, 0.6) is 5.75 Å². The highest BCUT2D eigenvalue weighted by Gasteiger charge is 2.17. The number of carbonyl (C=O) groups is 1. The SMILES string of the molecule is COc1ccccc1NS(=O)(=O)c1ccc(C(=O)Nc2ccc3[nH]c(=O)[nH]c3c2)cc1. The maximum atomic E-state index is 12.7. The third-order valence-electron chi connectivity index (χ3n) is 4.55. The monoisotopic (exact) mass is 438 g/mol. The number of anilines is 2. The fraction of sp³-hybridized carbons (Fsp3) is 0.0476. The van der Waals surface area contributed by atoms with Crippen molar-refractivity contribution in [3.05, 3.63) is 82.8 Å². The van der Waals surface area contributed by atoms with Crippen LogP contribution in [-0.4, -0.2) is 31.4 Å². The first-order chi connectivity index (χ1) is 14.9. The summed E-state index contributed by atoms with van der Waals surface area (Å²) in [7, 11) is -2.42. The number of fused-ring (bicyclic) bond motifs is 1. The molecule has 4 rings (SSSR count). The number of ether oxygens (including phenoxy) is 1. The first-order valence-corrected chi connectivity index (χ1v) is 10.6. The van der Waals surface area contributed by atoms with Crippen LogP contribution in [0, 0.1) is 0 Å². The van der Waals surface area contributed by atoms with Crippen LogP contribution in [-0.2, 0) is 10.0 Å². The predicted molar refractivity (Wildman–Crippen MR) is 117 cm³/mol. The number of nitrogens with one attached hydrogen (secondary N) is 4. The van der Waals surface area contributed by atoms with E-state index < -0.39 is 15.9 Å². The van der Waals surface area contributed by atoms with Crippen LogP contribution < -0.4 is 20.5 Å². The molecule has 10 heteroatoms. The Kier molecular flexibility index (Phi) is 5.22. The fourth-order valence-electron chi connectivity index (χ4n) is 3.03. The Labute approximate surface area is 177 Å². The lowest BCUT2D eigenvalue weighted by Crippen LogP contribution is -2.15. The van der Waals surface area contributed by atoms with Crippen molar-refractivity contribution in [3.8, 4) is 5.75 Å². The summed E-state index contributed by atoms with van der Waals surface area (Å²) in [5, 5.41) is 2.72. The van der Waals surface area contributed by atoms with Gasteiger partial charge in [0, 0.05) is 11.3 Å². The smallest absolute Gasteiger partial charge is 0.323 e. The van der Waals surface area contributed by atoms with E-state index in [4.69, 9.17) is 4.74 Å². The fourth-order valence-corrected chi connectivity index (χ4v) is 4.10. The molecule has 0 fully saturated rings. The number of rotatable bonds is 6. The number of aromatic nitrogens is 2. The topological polar surface area (TPSA) is 133 Å². The highest BCUT2D eigenvalue weighted by Crippen LogP contribution is 2.26. The zero-order chi connectivity index (χ0) is 22.0. The number of methoxy groups -OCH3 is 1. The van der Waals surface area contributed by atoms with E-state index in [2.05, 4.69) is 20.0 Å². The Hall–Kier alpha value is -4.05. The Morgan fingerprint density at radius 3 is 2.39 bits per heavy atom. The molecule has 1 heterocycles. The molecule has 0 aliphatic heterocycles. The summed E-state index contributed by atoms with van der Waals surface area (Å²) in [4.78, 5) is 29.1.